The van der Waals surface area contributed by atoms with E-state index in [0.29, 0.717) is 17.1 Å². The molecule has 5 nitrogen and oxygen atoms in total. The van der Waals surface area contributed by atoms with E-state index in [1.807, 2.05) is 30.3 Å². The average molecular weight is 293 g/mol. The van der Waals surface area contributed by atoms with Crippen LogP contribution in [0.2, 0.25) is 0 Å². The minimum Gasteiger partial charge on any atom is -0.497 e. The smallest absolute Gasteiger partial charge is 0.299 e. The molecule has 0 fully saturated rings. The summed E-state index contributed by atoms with van der Waals surface area (Å²) < 4.78 is 5.11. The second-order valence-corrected chi connectivity index (χ2v) is 4.80. The lowest BCUT2D eigenvalue weighted by Crippen LogP contribution is -2.26. The van der Waals surface area contributed by atoms with Gasteiger partial charge in [-0.05, 0) is 43.3 Å². The normalized spacial score (nSPS) is 16.1. The third-order valence-electron chi connectivity index (χ3n) is 3.30. The molecule has 0 atom stereocenters. The molecule has 0 unspecified atom stereocenters. The molecule has 2 aromatic rings. The van der Waals surface area contributed by atoms with Gasteiger partial charge in [-0.15, -0.1) is 0 Å². The van der Waals surface area contributed by atoms with Crippen LogP contribution in [0.1, 0.15) is 6.92 Å². The molecule has 0 bridgehead atoms. The maximum Gasteiger partial charge on any atom is 0.299 e. The van der Waals surface area contributed by atoms with Gasteiger partial charge < -0.3 is 4.74 Å². The number of methoxy groups -OCH3 is 1. The van der Waals surface area contributed by atoms with Gasteiger partial charge in [-0.2, -0.15) is 10.1 Å². The van der Waals surface area contributed by atoms with Gasteiger partial charge in [-0.25, -0.2) is 4.99 Å². The number of benzene rings is 2. The van der Waals surface area contributed by atoms with Crippen LogP contribution in [-0.2, 0) is 4.79 Å². The monoisotopic (exact) mass is 293 g/mol. The van der Waals surface area contributed by atoms with Crippen molar-refractivity contribution in [1.29, 1.82) is 0 Å². The lowest BCUT2D eigenvalue weighted by molar-refractivity contribution is -0.112. The number of aliphatic imine (C=N–C) groups is 1. The summed E-state index contributed by atoms with van der Waals surface area (Å²) in [4.78, 5) is 16.9. The van der Waals surface area contributed by atoms with Crippen molar-refractivity contribution in [2.24, 2.45) is 10.1 Å². The highest BCUT2D eigenvalue weighted by molar-refractivity contribution is 6.71. The Morgan fingerprint density at radius 3 is 2.36 bits per heavy atom. The fourth-order valence-corrected chi connectivity index (χ4v) is 2.16. The van der Waals surface area contributed by atoms with Gasteiger partial charge in [0.05, 0.1) is 24.2 Å². The highest BCUT2D eigenvalue weighted by atomic mass is 16.5. The maximum atomic E-state index is 12.5. The Kier molecular flexibility index (Phi) is 3.70. The third kappa shape index (κ3) is 2.61. The minimum absolute atomic E-state index is 0.223. The van der Waals surface area contributed by atoms with E-state index >= 15 is 0 Å². The summed E-state index contributed by atoms with van der Waals surface area (Å²) >= 11 is 0. The van der Waals surface area contributed by atoms with E-state index in [-0.39, 0.29) is 5.91 Å². The topological polar surface area (TPSA) is 54.3 Å². The fourth-order valence-electron chi connectivity index (χ4n) is 2.16. The van der Waals surface area contributed by atoms with Crippen LogP contribution in [0.25, 0.3) is 0 Å². The number of para-hydroxylation sites is 1. The molecule has 1 aliphatic heterocycles. The molecule has 22 heavy (non-hydrogen) atoms. The first-order valence-electron chi connectivity index (χ1n) is 6.87. The second kappa shape index (κ2) is 5.81. The van der Waals surface area contributed by atoms with Crippen LogP contribution in [0.3, 0.4) is 0 Å². The standard InChI is InChI=1S/C17H15N3O2/c1-12-16(18-13-8-10-15(22-2)11-9-13)17(21)20(19-12)14-6-4-3-5-7-14/h3-11H,1-2H3. The third-order valence-corrected chi connectivity index (χ3v) is 3.30. The number of hydrogen-bond donors (Lipinski definition) is 0. The molecule has 1 aliphatic rings. The molecular weight excluding hydrogens is 278 g/mol. The molecule has 2 aromatic carbocycles. The predicted octanol–water partition coefficient (Wildman–Crippen LogP) is 3.19. The zero-order valence-corrected chi connectivity index (χ0v) is 12.4. The lowest BCUT2D eigenvalue weighted by atomic mass is 10.2. The van der Waals surface area contributed by atoms with Crippen molar-refractivity contribution < 1.29 is 9.53 Å². The lowest BCUT2D eigenvalue weighted by Gasteiger charge is -2.10. The van der Waals surface area contributed by atoms with Crippen LogP contribution in [0.4, 0.5) is 11.4 Å². The zero-order chi connectivity index (χ0) is 15.5. The number of amides is 1. The van der Waals surface area contributed by atoms with E-state index in [0.717, 1.165) is 11.4 Å². The molecular formula is C17H15N3O2. The molecule has 0 radical (unpaired) electrons. The Bertz CT molecular complexity index is 749. The summed E-state index contributed by atoms with van der Waals surface area (Å²) in [6.07, 6.45) is 0. The van der Waals surface area contributed by atoms with Crippen molar-refractivity contribution in [3.05, 3.63) is 54.6 Å². The maximum absolute atomic E-state index is 12.5. The number of hydrazone groups is 1. The molecule has 5 heteroatoms. The van der Waals surface area contributed by atoms with Crippen LogP contribution in [0, 0.1) is 0 Å². The summed E-state index contributed by atoms with van der Waals surface area (Å²) in [7, 11) is 1.61. The average Bonchev–Trinajstić information content (AvgIpc) is 2.84. The molecule has 0 saturated carbocycles. The quantitative estimate of drug-likeness (QED) is 0.872. The van der Waals surface area contributed by atoms with Crippen molar-refractivity contribution in [2.75, 3.05) is 12.1 Å². The van der Waals surface area contributed by atoms with E-state index in [4.69, 9.17) is 4.74 Å². The Morgan fingerprint density at radius 1 is 1.05 bits per heavy atom. The molecule has 0 aliphatic carbocycles. The second-order valence-electron chi connectivity index (χ2n) is 4.80. The first-order valence-corrected chi connectivity index (χ1v) is 6.87. The number of hydrogen-bond acceptors (Lipinski definition) is 4. The Balaban J connectivity index is 1.90. The van der Waals surface area contributed by atoms with E-state index in [1.165, 1.54) is 5.01 Å². The minimum atomic E-state index is -0.223. The molecule has 0 spiro atoms. The Hall–Kier alpha value is -2.95. The molecule has 1 heterocycles. The van der Waals surface area contributed by atoms with Crippen LogP contribution < -0.4 is 9.75 Å². The SMILES string of the molecule is COc1ccc(N=C2C(=O)N(c3ccccc3)N=C2C)cc1. The van der Waals surface area contributed by atoms with Crippen molar-refractivity contribution in [2.45, 2.75) is 6.92 Å². The van der Waals surface area contributed by atoms with Crippen LogP contribution in [0.5, 0.6) is 5.75 Å². The summed E-state index contributed by atoms with van der Waals surface area (Å²) in [5.41, 5.74) is 2.37. The number of nitrogens with zero attached hydrogens (tertiary/aromatic N) is 3. The number of anilines is 1. The number of ether oxygens (including phenoxy) is 1. The molecule has 1 amide bonds. The predicted molar refractivity (Wildman–Crippen MR) is 87.1 cm³/mol. The molecule has 0 aromatic heterocycles. The van der Waals surface area contributed by atoms with Gasteiger partial charge in [-0.1, -0.05) is 18.2 Å². The van der Waals surface area contributed by atoms with Gasteiger partial charge >= 0.3 is 0 Å². The highest BCUT2D eigenvalue weighted by Gasteiger charge is 2.30. The summed E-state index contributed by atoms with van der Waals surface area (Å²) in [6.45, 7) is 1.78. The van der Waals surface area contributed by atoms with Gasteiger partial charge in [0.15, 0.2) is 5.71 Å². The van der Waals surface area contributed by atoms with Crippen molar-refractivity contribution >= 4 is 28.7 Å². The van der Waals surface area contributed by atoms with Crippen molar-refractivity contribution in [3.8, 4) is 5.75 Å². The van der Waals surface area contributed by atoms with E-state index in [2.05, 4.69) is 10.1 Å². The van der Waals surface area contributed by atoms with Crippen molar-refractivity contribution in [1.82, 2.24) is 0 Å². The summed E-state index contributed by atoms with van der Waals surface area (Å²) in [6, 6.07) is 16.5. The van der Waals surface area contributed by atoms with E-state index in [1.54, 1.807) is 38.3 Å². The van der Waals surface area contributed by atoms with E-state index in [9.17, 15) is 4.79 Å². The first kappa shape index (κ1) is 14.0. The van der Waals surface area contributed by atoms with Gasteiger partial charge in [0, 0.05) is 0 Å². The Labute approximate surface area is 128 Å². The van der Waals surface area contributed by atoms with Gasteiger partial charge in [0.1, 0.15) is 5.75 Å². The highest BCUT2D eigenvalue weighted by Crippen LogP contribution is 2.22. The van der Waals surface area contributed by atoms with E-state index < -0.39 is 0 Å². The Morgan fingerprint density at radius 2 is 1.73 bits per heavy atom. The zero-order valence-electron chi connectivity index (χ0n) is 12.4. The molecule has 0 N–H and O–H groups in total. The van der Waals surface area contributed by atoms with Gasteiger partial charge in [-0.3, -0.25) is 4.79 Å². The molecule has 0 saturated heterocycles. The van der Waals surface area contributed by atoms with Gasteiger partial charge in [0.25, 0.3) is 5.91 Å². The van der Waals surface area contributed by atoms with Crippen LogP contribution in [-0.4, -0.2) is 24.4 Å². The summed E-state index contributed by atoms with van der Waals surface area (Å²) in [5.74, 6) is 0.525. The largest absolute Gasteiger partial charge is 0.497 e. The molecule has 110 valence electrons. The van der Waals surface area contributed by atoms with Crippen molar-refractivity contribution in [3.63, 3.8) is 0 Å². The fraction of sp³-hybridized carbons (Fsp3) is 0.118. The number of rotatable bonds is 3. The van der Waals surface area contributed by atoms with Crippen LogP contribution >= 0.6 is 0 Å². The number of carbonyl (C=O) groups excluding carboxylic acids is 1. The number of carbonyl (C=O) groups is 1. The molecule has 3 rings (SSSR count). The van der Waals surface area contributed by atoms with Crippen LogP contribution in [0.15, 0.2) is 64.7 Å². The first-order chi connectivity index (χ1) is 10.7. The summed E-state index contributed by atoms with van der Waals surface area (Å²) in [5, 5.41) is 5.67. The van der Waals surface area contributed by atoms with Gasteiger partial charge in [0.2, 0.25) is 0 Å².